The van der Waals surface area contributed by atoms with Crippen LogP contribution in [0.25, 0.3) is 0 Å². The van der Waals surface area contributed by atoms with Crippen LogP contribution in [0.1, 0.15) is 38.2 Å². The van der Waals surface area contributed by atoms with Crippen LogP contribution < -0.4 is 9.47 Å². The minimum Gasteiger partial charge on any atom is -0.496 e. The van der Waals surface area contributed by atoms with Crippen molar-refractivity contribution in [1.82, 2.24) is 0 Å². The van der Waals surface area contributed by atoms with Gasteiger partial charge in [-0.3, -0.25) is 4.79 Å². The number of benzene rings is 2. The van der Waals surface area contributed by atoms with Crippen molar-refractivity contribution in [2.75, 3.05) is 14.2 Å². The Bertz CT molecular complexity index is 681. The smallest absolute Gasteiger partial charge is 0.201 e. The molecule has 22 heavy (non-hydrogen) atoms. The number of ether oxygens (including phenoxy) is 2. The Labute approximate surface area is 131 Å². The summed E-state index contributed by atoms with van der Waals surface area (Å²) in [6.45, 7) is 8.02. The molecule has 0 aliphatic carbocycles. The third-order valence-electron chi connectivity index (χ3n) is 4.25. The van der Waals surface area contributed by atoms with Crippen molar-refractivity contribution in [2.24, 2.45) is 0 Å². The van der Waals surface area contributed by atoms with E-state index in [0.717, 1.165) is 27.8 Å². The Hall–Kier alpha value is -2.29. The van der Waals surface area contributed by atoms with Crippen LogP contribution in [0.2, 0.25) is 0 Å². The van der Waals surface area contributed by atoms with E-state index in [9.17, 15) is 4.79 Å². The Morgan fingerprint density at radius 3 is 1.68 bits per heavy atom. The molecule has 0 amide bonds. The van der Waals surface area contributed by atoms with Gasteiger partial charge in [-0.15, -0.1) is 0 Å². The maximum Gasteiger partial charge on any atom is 0.201 e. The minimum absolute atomic E-state index is 0.0592. The van der Waals surface area contributed by atoms with Crippen LogP contribution in [0.15, 0.2) is 24.3 Å². The molecule has 0 aliphatic heterocycles. The van der Waals surface area contributed by atoms with Crippen LogP contribution in [0.3, 0.4) is 0 Å². The van der Waals surface area contributed by atoms with Gasteiger partial charge in [-0.1, -0.05) is 12.1 Å². The van der Waals surface area contributed by atoms with Gasteiger partial charge in [0.2, 0.25) is 5.78 Å². The zero-order valence-corrected chi connectivity index (χ0v) is 14.0. The first-order valence-corrected chi connectivity index (χ1v) is 7.25. The van der Waals surface area contributed by atoms with E-state index in [4.69, 9.17) is 9.47 Å². The van der Waals surface area contributed by atoms with Crippen molar-refractivity contribution < 1.29 is 14.3 Å². The first-order valence-electron chi connectivity index (χ1n) is 7.25. The molecule has 0 saturated heterocycles. The van der Waals surface area contributed by atoms with Gasteiger partial charge in [-0.25, -0.2) is 0 Å². The molecule has 0 aliphatic rings. The summed E-state index contributed by atoms with van der Waals surface area (Å²) in [5, 5.41) is 0. The standard InChI is InChI=1S/C19H22O3/c1-11-10-12(2)14(4)17(13(11)3)19(20)18-15(21-5)8-7-9-16(18)22-6/h7-10H,1-6H3. The van der Waals surface area contributed by atoms with E-state index >= 15 is 0 Å². The van der Waals surface area contributed by atoms with Gasteiger partial charge in [0.1, 0.15) is 17.1 Å². The van der Waals surface area contributed by atoms with Crippen molar-refractivity contribution in [2.45, 2.75) is 27.7 Å². The Morgan fingerprint density at radius 1 is 0.818 bits per heavy atom. The van der Waals surface area contributed by atoms with E-state index in [1.807, 2.05) is 33.8 Å². The molecule has 0 radical (unpaired) electrons. The van der Waals surface area contributed by atoms with Crippen LogP contribution >= 0.6 is 0 Å². The van der Waals surface area contributed by atoms with Crippen LogP contribution in [0.4, 0.5) is 0 Å². The minimum atomic E-state index is -0.0592. The average molecular weight is 298 g/mol. The topological polar surface area (TPSA) is 35.5 Å². The van der Waals surface area contributed by atoms with Gasteiger partial charge >= 0.3 is 0 Å². The van der Waals surface area contributed by atoms with E-state index in [2.05, 4.69) is 6.07 Å². The number of carbonyl (C=O) groups excluding carboxylic acids is 1. The van der Waals surface area contributed by atoms with E-state index in [0.29, 0.717) is 17.1 Å². The summed E-state index contributed by atoms with van der Waals surface area (Å²) < 4.78 is 10.7. The van der Waals surface area contributed by atoms with Gasteiger partial charge in [0.25, 0.3) is 0 Å². The van der Waals surface area contributed by atoms with E-state index in [1.165, 1.54) is 0 Å². The van der Waals surface area contributed by atoms with Gasteiger partial charge in [0, 0.05) is 5.56 Å². The quantitative estimate of drug-likeness (QED) is 0.795. The molecule has 0 saturated carbocycles. The Kier molecular flexibility index (Phi) is 4.55. The summed E-state index contributed by atoms with van der Waals surface area (Å²) >= 11 is 0. The van der Waals surface area contributed by atoms with Crippen LogP contribution in [-0.4, -0.2) is 20.0 Å². The molecule has 0 N–H and O–H groups in total. The van der Waals surface area contributed by atoms with Crippen LogP contribution in [-0.2, 0) is 0 Å². The van der Waals surface area contributed by atoms with Crippen molar-refractivity contribution in [1.29, 1.82) is 0 Å². The maximum atomic E-state index is 13.2. The normalized spacial score (nSPS) is 10.5. The lowest BCUT2D eigenvalue weighted by atomic mass is 9.89. The largest absolute Gasteiger partial charge is 0.496 e. The molecule has 3 heteroatoms. The Balaban J connectivity index is 2.74. The molecular formula is C19H22O3. The summed E-state index contributed by atoms with van der Waals surface area (Å²) in [7, 11) is 3.12. The lowest BCUT2D eigenvalue weighted by molar-refractivity contribution is 0.103. The molecule has 0 bridgehead atoms. The second kappa shape index (κ2) is 6.22. The summed E-state index contributed by atoms with van der Waals surface area (Å²) in [6.07, 6.45) is 0. The lowest BCUT2D eigenvalue weighted by Crippen LogP contribution is -2.11. The molecule has 0 heterocycles. The average Bonchev–Trinajstić information content (AvgIpc) is 2.52. The molecule has 3 nitrogen and oxygen atoms in total. The maximum absolute atomic E-state index is 13.2. The number of hydrogen-bond acceptors (Lipinski definition) is 3. The highest BCUT2D eigenvalue weighted by Crippen LogP contribution is 2.33. The zero-order valence-electron chi connectivity index (χ0n) is 14.0. The number of rotatable bonds is 4. The molecule has 0 fully saturated rings. The molecular weight excluding hydrogens is 276 g/mol. The molecule has 2 rings (SSSR count). The lowest BCUT2D eigenvalue weighted by Gasteiger charge is -2.17. The number of aryl methyl sites for hydroxylation is 2. The highest BCUT2D eigenvalue weighted by molar-refractivity contribution is 6.14. The van der Waals surface area contributed by atoms with Crippen LogP contribution in [0.5, 0.6) is 11.5 Å². The van der Waals surface area contributed by atoms with Crippen molar-refractivity contribution in [3.8, 4) is 11.5 Å². The predicted molar refractivity (Wildman–Crippen MR) is 88.4 cm³/mol. The van der Waals surface area contributed by atoms with E-state index in [-0.39, 0.29) is 5.78 Å². The Morgan fingerprint density at radius 2 is 1.27 bits per heavy atom. The number of ketones is 1. The number of hydrogen-bond donors (Lipinski definition) is 0. The summed E-state index contributed by atoms with van der Waals surface area (Å²) in [4.78, 5) is 13.2. The summed E-state index contributed by atoms with van der Waals surface area (Å²) in [5.74, 6) is 1.00. The SMILES string of the molecule is COc1cccc(OC)c1C(=O)c1c(C)c(C)cc(C)c1C. The van der Waals surface area contributed by atoms with Gasteiger partial charge < -0.3 is 9.47 Å². The molecule has 116 valence electrons. The first-order chi connectivity index (χ1) is 10.4. The molecule has 0 atom stereocenters. The zero-order chi connectivity index (χ0) is 16.4. The fraction of sp³-hybridized carbons (Fsp3) is 0.316. The molecule has 0 aromatic heterocycles. The molecule has 2 aromatic rings. The molecule has 2 aromatic carbocycles. The van der Waals surface area contributed by atoms with Crippen molar-refractivity contribution in [3.63, 3.8) is 0 Å². The van der Waals surface area contributed by atoms with Crippen molar-refractivity contribution >= 4 is 5.78 Å². The second-order valence-electron chi connectivity index (χ2n) is 5.50. The van der Waals surface area contributed by atoms with Gasteiger partial charge in [-0.05, 0) is 62.1 Å². The van der Waals surface area contributed by atoms with Crippen LogP contribution in [0, 0.1) is 27.7 Å². The molecule has 0 unspecified atom stereocenters. The fourth-order valence-corrected chi connectivity index (χ4v) is 2.76. The summed E-state index contributed by atoms with van der Waals surface area (Å²) in [6, 6.07) is 7.49. The highest BCUT2D eigenvalue weighted by atomic mass is 16.5. The first kappa shape index (κ1) is 16.1. The van der Waals surface area contributed by atoms with Gasteiger partial charge in [-0.2, -0.15) is 0 Å². The van der Waals surface area contributed by atoms with Gasteiger partial charge in [0.05, 0.1) is 14.2 Å². The van der Waals surface area contributed by atoms with Gasteiger partial charge in [0.15, 0.2) is 0 Å². The number of carbonyl (C=O) groups is 1. The monoisotopic (exact) mass is 298 g/mol. The highest BCUT2D eigenvalue weighted by Gasteiger charge is 2.24. The van der Waals surface area contributed by atoms with Crippen molar-refractivity contribution in [3.05, 3.63) is 57.6 Å². The molecule has 0 spiro atoms. The van der Waals surface area contributed by atoms with E-state index in [1.54, 1.807) is 26.4 Å². The third kappa shape index (κ3) is 2.59. The predicted octanol–water partition coefficient (Wildman–Crippen LogP) is 4.17. The summed E-state index contributed by atoms with van der Waals surface area (Å²) in [5.41, 5.74) is 5.44. The second-order valence-corrected chi connectivity index (χ2v) is 5.50. The van der Waals surface area contributed by atoms with E-state index < -0.39 is 0 Å². The fourth-order valence-electron chi connectivity index (χ4n) is 2.76. The number of methoxy groups -OCH3 is 2. The third-order valence-corrected chi connectivity index (χ3v) is 4.25.